The molecule has 2 heterocycles. The van der Waals surface area contributed by atoms with E-state index in [0.717, 1.165) is 5.56 Å². The van der Waals surface area contributed by atoms with Crippen LogP contribution in [0.25, 0.3) is 10.6 Å². The smallest absolute Gasteiger partial charge is 0.452 e. The lowest BCUT2D eigenvalue weighted by atomic mass is 10.1. The number of rotatable bonds is 6. The number of esters is 1. The lowest BCUT2D eigenvalue weighted by Crippen LogP contribution is -2.48. The van der Waals surface area contributed by atoms with Crippen LogP contribution >= 0.6 is 11.3 Å². The minimum absolute atomic E-state index is 0.146. The van der Waals surface area contributed by atoms with Gasteiger partial charge in [-0.1, -0.05) is 42.4 Å². The summed E-state index contributed by atoms with van der Waals surface area (Å²) in [6, 6.07) is 12.3. The molecule has 188 valence electrons. The lowest BCUT2D eigenvalue weighted by molar-refractivity contribution is -0.159. The number of sulfonamides is 1. The van der Waals surface area contributed by atoms with Crippen LogP contribution in [0.15, 0.2) is 57.3 Å². The van der Waals surface area contributed by atoms with E-state index in [4.69, 9.17) is 4.74 Å². The standard InChI is InChI=1S/C23H23F3N2O5S2/c1-13-19(14-8-6-5-7-9-14)22(13,20(29)32-21(2,3)4)28-35(30,31)18-11-10-16(34-18)15-12-17(33-27-15)23(24,25)26/h5-13,19,28H,1-4H3/t13-,19-,22+/m1/s1. The van der Waals surface area contributed by atoms with Crippen molar-refractivity contribution in [3.8, 4) is 10.6 Å². The molecule has 0 amide bonds. The highest BCUT2D eigenvalue weighted by atomic mass is 32.2. The van der Waals surface area contributed by atoms with Crippen LogP contribution in [0, 0.1) is 5.92 Å². The van der Waals surface area contributed by atoms with Crippen molar-refractivity contribution in [3.63, 3.8) is 0 Å². The Morgan fingerprint density at radius 2 is 1.80 bits per heavy atom. The number of carbonyl (C=O) groups is 1. The molecule has 1 saturated carbocycles. The Bertz CT molecular complexity index is 1340. The Hall–Kier alpha value is -2.70. The predicted octanol–water partition coefficient (Wildman–Crippen LogP) is 5.21. The molecule has 0 radical (unpaired) electrons. The van der Waals surface area contributed by atoms with Crippen LogP contribution in [-0.4, -0.2) is 30.7 Å². The van der Waals surface area contributed by atoms with Crippen LogP contribution in [0.3, 0.4) is 0 Å². The SMILES string of the molecule is C[C@@H]1[C@H](c2ccccc2)[C@]1(NS(=O)(=O)c1ccc(-c2cc(C(F)(F)F)on2)s1)C(=O)OC(C)(C)C. The maximum absolute atomic E-state index is 13.4. The fourth-order valence-electron chi connectivity index (χ4n) is 4.05. The Morgan fingerprint density at radius 1 is 1.14 bits per heavy atom. The van der Waals surface area contributed by atoms with Crippen LogP contribution < -0.4 is 4.72 Å². The molecule has 1 fully saturated rings. The number of alkyl halides is 3. The van der Waals surface area contributed by atoms with Gasteiger partial charge < -0.3 is 9.26 Å². The van der Waals surface area contributed by atoms with Crippen molar-refractivity contribution in [1.29, 1.82) is 0 Å². The summed E-state index contributed by atoms with van der Waals surface area (Å²) in [7, 11) is -4.25. The first-order valence-corrected chi connectivity index (χ1v) is 12.9. The highest BCUT2D eigenvalue weighted by Crippen LogP contribution is 2.59. The average Bonchev–Trinajstić information content (AvgIpc) is 3.19. The van der Waals surface area contributed by atoms with Gasteiger partial charge in [-0.3, -0.25) is 0 Å². The summed E-state index contributed by atoms with van der Waals surface area (Å²) in [5.74, 6) is -2.85. The minimum Gasteiger partial charge on any atom is -0.459 e. The molecule has 4 rings (SSSR count). The van der Waals surface area contributed by atoms with Gasteiger partial charge in [0.05, 0.1) is 4.88 Å². The maximum atomic E-state index is 13.4. The zero-order chi connectivity index (χ0) is 25.8. The number of hydrogen-bond acceptors (Lipinski definition) is 7. The second-order valence-corrected chi connectivity index (χ2v) is 12.3. The first-order valence-electron chi connectivity index (χ1n) is 10.6. The molecule has 1 aromatic carbocycles. The van der Waals surface area contributed by atoms with Gasteiger partial charge >= 0.3 is 12.1 Å². The van der Waals surface area contributed by atoms with Gasteiger partial charge in [0, 0.05) is 12.0 Å². The van der Waals surface area contributed by atoms with Gasteiger partial charge in [0.2, 0.25) is 5.76 Å². The topological polar surface area (TPSA) is 98.5 Å². The first kappa shape index (κ1) is 25.4. The van der Waals surface area contributed by atoms with Crippen molar-refractivity contribution in [3.05, 3.63) is 59.9 Å². The van der Waals surface area contributed by atoms with Crippen molar-refractivity contribution < 1.29 is 35.6 Å². The molecule has 0 unspecified atom stereocenters. The van der Waals surface area contributed by atoms with E-state index in [1.807, 2.05) is 18.2 Å². The molecule has 2 aromatic heterocycles. The van der Waals surface area contributed by atoms with Gasteiger partial charge in [0.1, 0.15) is 21.0 Å². The Labute approximate surface area is 204 Å². The maximum Gasteiger partial charge on any atom is 0.452 e. The van der Waals surface area contributed by atoms with Crippen LogP contribution in [0.4, 0.5) is 13.2 Å². The molecule has 0 aliphatic heterocycles. The minimum atomic E-state index is -4.71. The van der Waals surface area contributed by atoms with Crippen molar-refractivity contribution in [2.75, 3.05) is 0 Å². The summed E-state index contributed by atoms with van der Waals surface area (Å²) >= 11 is 0.716. The normalized spacial score (nSPS) is 22.7. The van der Waals surface area contributed by atoms with Crippen molar-refractivity contribution in [2.45, 2.75) is 55.1 Å². The van der Waals surface area contributed by atoms with Crippen LogP contribution in [0.2, 0.25) is 0 Å². The highest BCUT2D eigenvalue weighted by molar-refractivity contribution is 7.91. The molecule has 7 nitrogen and oxygen atoms in total. The van der Waals surface area contributed by atoms with Crippen LogP contribution in [0.5, 0.6) is 0 Å². The molecule has 1 aliphatic rings. The lowest BCUT2D eigenvalue weighted by Gasteiger charge is -2.25. The Kier molecular flexibility index (Phi) is 6.13. The van der Waals surface area contributed by atoms with E-state index in [9.17, 15) is 26.4 Å². The van der Waals surface area contributed by atoms with E-state index in [2.05, 4.69) is 14.4 Å². The average molecular weight is 529 g/mol. The van der Waals surface area contributed by atoms with E-state index < -0.39 is 50.9 Å². The van der Waals surface area contributed by atoms with E-state index in [1.54, 1.807) is 39.8 Å². The second kappa shape index (κ2) is 8.45. The van der Waals surface area contributed by atoms with Gasteiger partial charge in [-0.15, -0.1) is 11.3 Å². The second-order valence-electron chi connectivity index (χ2n) is 9.35. The summed E-state index contributed by atoms with van der Waals surface area (Å²) < 4.78 is 77.5. The number of benzene rings is 1. The molecule has 3 atom stereocenters. The largest absolute Gasteiger partial charge is 0.459 e. The number of halogens is 3. The summed E-state index contributed by atoms with van der Waals surface area (Å²) in [5, 5.41) is 3.39. The number of thiophene rings is 1. The number of carbonyl (C=O) groups excluding carboxylic acids is 1. The number of hydrogen-bond donors (Lipinski definition) is 1. The molecule has 1 N–H and O–H groups in total. The third-order valence-electron chi connectivity index (χ3n) is 5.69. The summed E-state index contributed by atoms with van der Waals surface area (Å²) in [6.07, 6.45) is -4.71. The Morgan fingerprint density at radius 3 is 2.37 bits per heavy atom. The molecule has 12 heteroatoms. The van der Waals surface area contributed by atoms with Gasteiger partial charge in [0.15, 0.2) is 0 Å². The third-order valence-corrected chi connectivity index (χ3v) is 8.77. The monoisotopic (exact) mass is 528 g/mol. The molecule has 1 aliphatic carbocycles. The van der Waals surface area contributed by atoms with E-state index in [1.165, 1.54) is 12.1 Å². The quantitative estimate of drug-likeness (QED) is 0.441. The molecule has 3 aromatic rings. The Balaban J connectivity index is 1.66. The van der Waals surface area contributed by atoms with Gasteiger partial charge in [-0.2, -0.15) is 17.9 Å². The molecular weight excluding hydrogens is 505 g/mol. The number of nitrogens with zero attached hydrogens (tertiary/aromatic N) is 1. The van der Waals surface area contributed by atoms with E-state index in [-0.39, 0.29) is 14.8 Å². The summed E-state index contributed by atoms with van der Waals surface area (Å²) in [5.41, 5.74) is -1.75. The molecular formula is C23H23F3N2O5S2. The number of nitrogens with one attached hydrogen (secondary N) is 1. The van der Waals surface area contributed by atoms with E-state index >= 15 is 0 Å². The first-order chi connectivity index (χ1) is 16.1. The number of ether oxygens (including phenoxy) is 1. The third kappa shape index (κ3) is 4.87. The number of aromatic nitrogens is 1. The molecule has 0 spiro atoms. The highest BCUT2D eigenvalue weighted by Gasteiger charge is 2.71. The van der Waals surface area contributed by atoms with Crippen LogP contribution in [-0.2, 0) is 25.7 Å². The van der Waals surface area contributed by atoms with E-state index in [0.29, 0.717) is 17.4 Å². The van der Waals surface area contributed by atoms with Crippen molar-refractivity contribution in [2.24, 2.45) is 5.92 Å². The molecule has 0 bridgehead atoms. The zero-order valence-electron chi connectivity index (χ0n) is 19.2. The van der Waals surface area contributed by atoms with Crippen molar-refractivity contribution in [1.82, 2.24) is 9.88 Å². The van der Waals surface area contributed by atoms with Gasteiger partial charge in [-0.05, 0) is 44.4 Å². The summed E-state index contributed by atoms with van der Waals surface area (Å²) in [6.45, 7) is 6.83. The summed E-state index contributed by atoms with van der Waals surface area (Å²) in [4.78, 5) is 13.5. The molecule has 35 heavy (non-hydrogen) atoms. The molecule has 0 saturated heterocycles. The van der Waals surface area contributed by atoms with Crippen molar-refractivity contribution >= 4 is 27.3 Å². The zero-order valence-corrected chi connectivity index (χ0v) is 20.8. The van der Waals surface area contributed by atoms with Crippen LogP contribution in [0.1, 0.15) is 44.9 Å². The van der Waals surface area contributed by atoms with Gasteiger partial charge in [-0.25, -0.2) is 13.2 Å². The fourth-order valence-corrected chi connectivity index (χ4v) is 6.76. The fraction of sp³-hybridized carbons (Fsp3) is 0.391. The van der Waals surface area contributed by atoms with Gasteiger partial charge in [0.25, 0.3) is 10.0 Å². The predicted molar refractivity (Wildman–Crippen MR) is 122 cm³/mol.